The van der Waals surface area contributed by atoms with Crippen LogP contribution in [0.1, 0.15) is 27.7 Å². The van der Waals surface area contributed by atoms with Gasteiger partial charge in [-0.2, -0.15) is 0 Å². The van der Waals surface area contributed by atoms with Crippen molar-refractivity contribution >= 4 is 17.4 Å². The molecule has 182 valence electrons. The van der Waals surface area contributed by atoms with E-state index in [2.05, 4.69) is 49.9 Å². The molecule has 3 aromatic heterocycles. The number of benzene rings is 2. The van der Waals surface area contributed by atoms with Crippen LogP contribution in [0.2, 0.25) is 0 Å². The van der Waals surface area contributed by atoms with E-state index in [1.807, 2.05) is 13.2 Å². The molecule has 5 rings (SSSR count). The minimum absolute atomic E-state index is 0.123. The number of aromatic nitrogens is 4. The van der Waals surface area contributed by atoms with Crippen LogP contribution < -0.4 is 10.6 Å². The molecule has 0 aliphatic heterocycles. The van der Waals surface area contributed by atoms with E-state index in [1.54, 1.807) is 36.7 Å². The zero-order valence-corrected chi connectivity index (χ0v) is 20.2. The number of halogens is 1. The average Bonchev–Trinajstić information content (AvgIpc) is 3.45. The standard InChI is InChI=1S/C27H25FN6O2/c1-16-25(36-17(2)31-16)26(35)32-21-8-9-23(28)22(12-21)24-15-34-14-20(13-30-27(34)33-24)19-6-4-18(5-7-19)10-11-29-3/h4-9,12-15,29H,10-11H2,1-3H3,(H,32,35). The normalized spacial score (nSPS) is 11.2. The number of likely N-dealkylation sites (N-methyl/N-ethyl adjacent to an activating group) is 1. The first-order valence-corrected chi connectivity index (χ1v) is 11.6. The van der Waals surface area contributed by atoms with Crippen molar-refractivity contribution in [2.75, 3.05) is 18.9 Å². The molecule has 3 heterocycles. The highest BCUT2D eigenvalue weighted by molar-refractivity contribution is 6.03. The van der Waals surface area contributed by atoms with Crippen molar-refractivity contribution in [1.82, 2.24) is 24.7 Å². The first-order valence-electron chi connectivity index (χ1n) is 11.6. The second kappa shape index (κ2) is 9.71. The summed E-state index contributed by atoms with van der Waals surface area (Å²) in [6.07, 6.45) is 6.35. The van der Waals surface area contributed by atoms with Crippen molar-refractivity contribution in [2.24, 2.45) is 0 Å². The lowest BCUT2D eigenvalue weighted by atomic mass is 10.1. The monoisotopic (exact) mass is 484 g/mol. The Hall–Kier alpha value is -4.37. The number of hydrogen-bond acceptors (Lipinski definition) is 6. The molecule has 0 saturated carbocycles. The number of carbonyl (C=O) groups excluding carboxylic acids is 1. The number of nitrogens with one attached hydrogen (secondary N) is 2. The molecule has 0 aliphatic rings. The molecule has 0 spiro atoms. The van der Waals surface area contributed by atoms with Crippen LogP contribution in [0.3, 0.4) is 0 Å². The predicted octanol–water partition coefficient (Wildman–Crippen LogP) is 4.82. The van der Waals surface area contributed by atoms with E-state index in [-0.39, 0.29) is 11.3 Å². The number of carbonyl (C=O) groups is 1. The number of rotatable bonds is 7. The van der Waals surface area contributed by atoms with Gasteiger partial charge >= 0.3 is 0 Å². The van der Waals surface area contributed by atoms with Gasteiger partial charge in [-0.15, -0.1) is 0 Å². The van der Waals surface area contributed by atoms with Gasteiger partial charge < -0.3 is 15.1 Å². The molecule has 0 aliphatic carbocycles. The quantitative estimate of drug-likeness (QED) is 0.344. The maximum atomic E-state index is 14.8. The summed E-state index contributed by atoms with van der Waals surface area (Å²) in [7, 11) is 1.94. The van der Waals surface area contributed by atoms with Gasteiger partial charge in [0, 0.05) is 42.3 Å². The summed E-state index contributed by atoms with van der Waals surface area (Å²) in [6.45, 7) is 4.28. The number of nitrogens with zero attached hydrogens (tertiary/aromatic N) is 4. The number of anilines is 1. The lowest BCUT2D eigenvalue weighted by Crippen LogP contribution is -2.12. The highest BCUT2D eigenvalue weighted by Crippen LogP contribution is 2.27. The summed E-state index contributed by atoms with van der Waals surface area (Å²) in [4.78, 5) is 25.7. The maximum Gasteiger partial charge on any atom is 0.293 e. The van der Waals surface area contributed by atoms with E-state index in [4.69, 9.17) is 4.42 Å². The third-order valence-electron chi connectivity index (χ3n) is 5.87. The van der Waals surface area contributed by atoms with Crippen molar-refractivity contribution < 1.29 is 13.6 Å². The van der Waals surface area contributed by atoms with Crippen LogP contribution in [0.25, 0.3) is 28.2 Å². The Morgan fingerprint density at radius 2 is 1.86 bits per heavy atom. The smallest absolute Gasteiger partial charge is 0.293 e. The lowest BCUT2D eigenvalue weighted by molar-refractivity contribution is 0.0994. The highest BCUT2D eigenvalue weighted by atomic mass is 19.1. The number of aryl methyl sites for hydroxylation is 2. The van der Waals surface area contributed by atoms with Crippen molar-refractivity contribution in [2.45, 2.75) is 20.3 Å². The van der Waals surface area contributed by atoms with Crippen LogP contribution >= 0.6 is 0 Å². The van der Waals surface area contributed by atoms with E-state index in [9.17, 15) is 9.18 Å². The van der Waals surface area contributed by atoms with Gasteiger partial charge in [0.1, 0.15) is 5.82 Å². The van der Waals surface area contributed by atoms with Gasteiger partial charge in [0.15, 0.2) is 5.89 Å². The summed E-state index contributed by atoms with van der Waals surface area (Å²) in [5.74, 6) is 0.0575. The third kappa shape index (κ3) is 4.73. The van der Waals surface area contributed by atoms with Crippen molar-refractivity contribution in [1.29, 1.82) is 0 Å². The van der Waals surface area contributed by atoms with Gasteiger partial charge in [0.2, 0.25) is 11.5 Å². The molecular formula is C27H25FN6O2. The molecule has 0 bridgehead atoms. The first kappa shape index (κ1) is 23.4. The van der Waals surface area contributed by atoms with Crippen molar-refractivity contribution in [3.05, 3.63) is 89.8 Å². The lowest BCUT2D eigenvalue weighted by Gasteiger charge is -2.06. The fourth-order valence-corrected chi connectivity index (χ4v) is 4.03. The van der Waals surface area contributed by atoms with Crippen LogP contribution in [-0.2, 0) is 6.42 Å². The van der Waals surface area contributed by atoms with Crippen molar-refractivity contribution in [3.63, 3.8) is 0 Å². The minimum atomic E-state index is -0.458. The number of imidazole rings is 1. The molecule has 9 heteroatoms. The van der Waals surface area contributed by atoms with Crippen LogP contribution in [0.15, 0.2) is 65.5 Å². The predicted molar refractivity (Wildman–Crippen MR) is 135 cm³/mol. The molecule has 0 unspecified atom stereocenters. The second-order valence-electron chi connectivity index (χ2n) is 8.52. The van der Waals surface area contributed by atoms with Crippen LogP contribution in [0, 0.1) is 19.7 Å². The van der Waals surface area contributed by atoms with Gasteiger partial charge in [-0.3, -0.25) is 9.20 Å². The Bertz CT molecular complexity index is 1550. The van der Waals surface area contributed by atoms with Gasteiger partial charge in [-0.25, -0.2) is 19.3 Å². The molecular weight excluding hydrogens is 459 g/mol. The molecule has 0 radical (unpaired) electrons. The Balaban J connectivity index is 1.41. The fourth-order valence-electron chi connectivity index (χ4n) is 4.03. The Morgan fingerprint density at radius 3 is 2.58 bits per heavy atom. The largest absolute Gasteiger partial charge is 0.436 e. The van der Waals surface area contributed by atoms with E-state index >= 15 is 0 Å². The van der Waals surface area contributed by atoms with Gasteiger partial charge in [-0.05, 0) is 56.3 Å². The molecule has 0 atom stereocenters. The number of hydrogen-bond donors (Lipinski definition) is 2. The summed E-state index contributed by atoms with van der Waals surface area (Å²) in [5.41, 5.74) is 4.76. The number of fused-ring (bicyclic) bond motifs is 1. The molecule has 2 N–H and O–H groups in total. The molecule has 1 amide bonds. The topological polar surface area (TPSA) is 97.3 Å². The van der Waals surface area contributed by atoms with Gasteiger partial charge in [0.25, 0.3) is 5.91 Å². The van der Waals surface area contributed by atoms with E-state index < -0.39 is 11.7 Å². The second-order valence-corrected chi connectivity index (χ2v) is 8.52. The van der Waals surface area contributed by atoms with Crippen LogP contribution in [-0.4, -0.2) is 38.9 Å². The Kier molecular flexibility index (Phi) is 6.30. The molecule has 8 nitrogen and oxygen atoms in total. The van der Waals surface area contributed by atoms with E-state index in [0.717, 1.165) is 24.1 Å². The fraction of sp³-hybridized carbons (Fsp3) is 0.185. The van der Waals surface area contributed by atoms with Crippen LogP contribution in [0.5, 0.6) is 0 Å². The highest BCUT2D eigenvalue weighted by Gasteiger charge is 2.18. The van der Waals surface area contributed by atoms with Gasteiger partial charge in [0.05, 0.1) is 11.4 Å². The molecule has 0 saturated heterocycles. The molecule has 5 aromatic rings. The molecule has 2 aromatic carbocycles. The van der Waals surface area contributed by atoms with E-state index in [0.29, 0.717) is 28.7 Å². The minimum Gasteiger partial charge on any atom is -0.436 e. The molecule has 36 heavy (non-hydrogen) atoms. The summed E-state index contributed by atoms with van der Waals surface area (Å²) < 4.78 is 21.9. The summed E-state index contributed by atoms with van der Waals surface area (Å²) >= 11 is 0. The molecule has 0 fully saturated rings. The SMILES string of the molecule is CNCCc1ccc(-c2cnc3nc(-c4cc(NC(=O)c5oc(C)nc5C)ccc4F)cn3c2)cc1. The Morgan fingerprint density at radius 1 is 1.06 bits per heavy atom. The number of oxazole rings is 1. The van der Waals surface area contributed by atoms with E-state index in [1.165, 1.54) is 17.7 Å². The summed E-state index contributed by atoms with van der Waals surface area (Å²) in [5, 5.41) is 5.89. The maximum absolute atomic E-state index is 14.8. The number of amides is 1. The third-order valence-corrected chi connectivity index (χ3v) is 5.87. The average molecular weight is 485 g/mol. The Labute approximate surface area is 207 Å². The zero-order chi connectivity index (χ0) is 25.2. The zero-order valence-electron chi connectivity index (χ0n) is 20.2. The van der Waals surface area contributed by atoms with Crippen LogP contribution in [0.4, 0.5) is 10.1 Å². The van der Waals surface area contributed by atoms with Gasteiger partial charge in [-0.1, -0.05) is 24.3 Å². The first-order chi connectivity index (χ1) is 17.4. The van der Waals surface area contributed by atoms with Crippen molar-refractivity contribution in [3.8, 4) is 22.4 Å². The summed E-state index contributed by atoms with van der Waals surface area (Å²) in [6, 6.07) is 12.7.